The van der Waals surface area contributed by atoms with E-state index in [1.807, 2.05) is 27.7 Å². The van der Waals surface area contributed by atoms with Gasteiger partial charge in [-0.2, -0.15) is 0 Å². The minimum Gasteiger partial charge on any atom is -0.462 e. The summed E-state index contributed by atoms with van der Waals surface area (Å²) in [7, 11) is 0. The van der Waals surface area contributed by atoms with Crippen LogP contribution in [0, 0.1) is 5.92 Å². The highest BCUT2D eigenvalue weighted by Crippen LogP contribution is 2.23. The zero-order chi connectivity index (χ0) is 13.4. The molecule has 2 nitrogen and oxygen atoms in total. The molecule has 2 unspecified atom stereocenters. The molecular weight excluding hydrogens is 239 g/mol. The van der Waals surface area contributed by atoms with E-state index in [-0.39, 0.29) is 23.2 Å². The summed E-state index contributed by atoms with van der Waals surface area (Å²) in [5.41, 5.74) is 0. The van der Waals surface area contributed by atoms with E-state index in [0.29, 0.717) is 6.42 Å². The first-order chi connectivity index (χ1) is 7.84. The summed E-state index contributed by atoms with van der Waals surface area (Å²) < 4.78 is 17.8. The molecule has 0 saturated heterocycles. The number of carbonyl (C=O) groups excluding carboxylic acids is 1. The van der Waals surface area contributed by atoms with Crippen molar-refractivity contribution in [2.75, 3.05) is 5.75 Å². The van der Waals surface area contributed by atoms with Crippen LogP contribution in [0.4, 0.5) is 4.39 Å². The van der Waals surface area contributed by atoms with Gasteiger partial charge in [-0.3, -0.25) is 4.79 Å². The summed E-state index contributed by atoms with van der Waals surface area (Å²) in [6, 6.07) is 0. The Morgan fingerprint density at radius 2 is 1.82 bits per heavy atom. The Labute approximate surface area is 109 Å². The molecule has 0 rings (SSSR count). The van der Waals surface area contributed by atoms with Crippen molar-refractivity contribution in [3.63, 3.8) is 0 Å². The molecule has 0 aliphatic carbocycles. The zero-order valence-corrected chi connectivity index (χ0v) is 12.3. The molecule has 0 spiro atoms. The highest BCUT2D eigenvalue weighted by molar-refractivity contribution is 8.00. The maximum atomic E-state index is 12.6. The Morgan fingerprint density at radius 1 is 1.24 bits per heavy atom. The van der Waals surface area contributed by atoms with Crippen LogP contribution in [0.3, 0.4) is 0 Å². The standard InChI is InChI=1S/C13H25FO2S/c1-9(2)12(13(15)16-10(3)4)17-8-6-7-11(5)14/h9-12H,6-8H2,1-5H3. The van der Waals surface area contributed by atoms with E-state index in [0.717, 1.165) is 12.2 Å². The predicted octanol–water partition coefficient (Wildman–Crippen LogP) is 3.83. The first kappa shape index (κ1) is 16.8. The minimum atomic E-state index is -0.754. The van der Waals surface area contributed by atoms with E-state index < -0.39 is 6.17 Å². The smallest absolute Gasteiger partial charge is 0.319 e. The van der Waals surface area contributed by atoms with E-state index in [2.05, 4.69) is 0 Å². The highest BCUT2D eigenvalue weighted by atomic mass is 32.2. The second kappa shape index (κ2) is 8.78. The van der Waals surface area contributed by atoms with Crippen molar-refractivity contribution in [3.8, 4) is 0 Å². The summed E-state index contributed by atoms with van der Waals surface area (Å²) >= 11 is 1.58. The Hall–Kier alpha value is -0.250. The van der Waals surface area contributed by atoms with Gasteiger partial charge in [-0.1, -0.05) is 13.8 Å². The van der Waals surface area contributed by atoms with Crippen molar-refractivity contribution >= 4 is 17.7 Å². The number of hydrogen-bond donors (Lipinski definition) is 0. The lowest BCUT2D eigenvalue weighted by Crippen LogP contribution is -2.28. The molecule has 2 atom stereocenters. The van der Waals surface area contributed by atoms with Gasteiger partial charge in [0.05, 0.1) is 12.3 Å². The van der Waals surface area contributed by atoms with Crippen LogP contribution in [0.5, 0.6) is 0 Å². The lowest BCUT2D eigenvalue weighted by Gasteiger charge is -2.20. The summed E-state index contributed by atoms with van der Waals surface area (Å²) in [4.78, 5) is 11.8. The van der Waals surface area contributed by atoms with Crippen molar-refractivity contribution < 1.29 is 13.9 Å². The Kier molecular flexibility index (Phi) is 8.66. The molecule has 0 amide bonds. The fourth-order valence-corrected chi connectivity index (χ4v) is 2.57. The normalized spacial score (nSPS) is 15.1. The Bertz CT molecular complexity index is 217. The molecule has 0 aromatic rings. The first-order valence-electron chi connectivity index (χ1n) is 6.30. The molecule has 0 aliphatic rings. The van der Waals surface area contributed by atoms with Crippen molar-refractivity contribution in [1.29, 1.82) is 0 Å². The van der Waals surface area contributed by atoms with Crippen LogP contribution in [0.15, 0.2) is 0 Å². The van der Waals surface area contributed by atoms with Gasteiger partial charge in [0, 0.05) is 0 Å². The van der Waals surface area contributed by atoms with Crippen LogP contribution in [0.2, 0.25) is 0 Å². The number of hydrogen-bond acceptors (Lipinski definition) is 3. The summed E-state index contributed by atoms with van der Waals surface area (Å²) in [5, 5.41) is -0.132. The molecule has 4 heteroatoms. The summed E-state index contributed by atoms with van der Waals surface area (Å²) in [6.07, 6.45) is 0.545. The van der Waals surface area contributed by atoms with Crippen LogP contribution in [-0.2, 0) is 9.53 Å². The van der Waals surface area contributed by atoms with Gasteiger partial charge >= 0.3 is 5.97 Å². The van der Waals surface area contributed by atoms with E-state index in [4.69, 9.17) is 4.74 Å². The van der Waals surface area contributed by atoms with Crippen molar-refractivity contribution in [2.45, 2.75) is 65.0 Å². The van der Waals surface area contributed by atoms with Gasteiger partial charge < -0.3 is 4.74 Å². The average Bonchev–Trinajstić information content (AvgIpc) is 2.14. The molecule has 0 saturated carbocycles. The summed E-state index contributed by atoms with van der Waals surface area (Å²) in [6.45, 7) is 9.29. The lowest BCUT2D eigenvalue weighted by atomic mass is 10.1. The Morgan fingerprint density at radius 3 is 2.24 bits per heavy atom. The van der Waals surface area contributed by atoms with E-state index in [1.54, 1.807) is 18.7 Å². The second-order valence-corrected chi connectivity index (χ2v) is 6.19. The third kappa shape index (κ3) is 8.47. The second-order valence-electron chi connectivity index (χ2n) is 4.94. The third-order valence-corrected chi connectivity index (χ3v) is 3.85. The number of ether oxygens (including phenoxy) is 1. The number of thioether (sulfide) groups is 1. The number of rotatable bonds is 8. The molecule has 0 aliphatic heterocycles. The molecule has 0 aromatic carbocycles. The van der Waals surface area contributed by atoms with Crippen LogP contribution in [0.25, 0.3) is 0 Å². The topological polar surface area (TPSA) is 26.3 Å². The SMILES string of the molecule is CC(F)CCCSC(C(=O)OC(C)C)C(C)C. The maximum Gasteiger partial charge on any atom is 0.319 e. The maximum absolute atomic E-state index is 12.6. The van der Waals surface area contributed by atoms with Gasteiger partial charge in [0.1, 0.15) is 5.25 Å². The molecule has 0 radical (unpaired) electrons. The van der Waals surface area contributed by atoms with Crippen molar-refractivity contribution in [1.82, 2.24) is 0 Å². The van der Waals surface area contributed by atoms with Gasteiger partial charge in [-0.05, 0) is 45.3 Å². The molecular formula is C13H25FO2S. The zero-order valence-electron chi connectivity index (χ0n) is 11.5. The largest absolute Gasteiger partial charge is 0.462 e. The van der Waals surface area contributed by atoms with Crippen LogP contribution >= 0.6 is 11.8 Å². The molecule has 0 N–H and O–H groups in total. The van der Waals surface area contributed by atoms with Crippen LogP contribution in [0.1, 0.15) is 47.5 Å². The van der Waals surface area contributed by atoms with Gasteiger partial charge in [0.15, 0.2) is 0 Å². The fourth-order valence-electron chi connectivity index (χ4n) is 1.41. The fraction of sp³-hybridized carbons (Fsp3) is 0.923. The first-order valence-corrected chi connectivity index (χ1v) is 7.35. The van der Waals surface area contributed by atoms with E-state index in [9.17, 15) is 9.18 Å². The molecule has 0 fully saturated rings. The molecule has 0 heterocycles. The number of halogens is 1. The van der Waals surface area contributed by atoms with Gasteiger partial charge in [0.25, 0.3) is 0 Å². The molecule has 17 heavy (non-hydrogen) atoms. The lowest BCUT2D eigenvalue weighted by molar-refractivity contribution is -0.147. The third-order valence-electron chi connectivity index (χ3n) is 2.23. The molecule has 102 valence electrons. The highest BCUT2D eigenvalue weighted by Gasteiger charge is 2.24. The summed E-state index contributed by atoms with van der Waals surface area (Å²) in [5.74, 6) is 0.909. The quantitative estimate of drug-likeness (QED) is 0.492. The van der Waals surface area contributed by atoms with Gasteiger partial charge in [-0.15, -0.1) is 11.8 Å². The van der Waals surface area contributed by atoms with Gasteiger partial charge in [0.2, 0.25) is 0 Å². The number of carbonyl (C=O) groups is 1. The van der Waals surface area contributed by atoms with Crippen molar-refractivity contribution in [3.05, 3.63) is 0 Å². The van der Waals surface area contributed by atoms with E-state index in [1.165, 1.54) is 0 Å². The number of alkyl halides is 1. The Balaban J connectivity index is 4.03. The van der Waals surface area contributed by atoms with Crippen LogP contribution < -0.4 is 0 Å². The number of esters is 1. The van der Waals surface area contributed by atoms with Crippen molar-refractivity contribution in [2.24, 2.45) is 5.92 Å². The monoisotopic (exact) mass is 264 g/mol. The van der Waals surface area contributed by atoms with Gasteiger partial charge in [-0.25, -0.2) is 4.39 Å². The molecule has 0 bridgehead atoms. The minimum absolute atomic E-state index is 0.0739. The average molecular weight is 264 g/mol. The van der Waals surface area contributed by atoms with E-state index >= 15 is 0 Å². The molecule has 0 aromatic heterocycles. The predicted molar refractivity (Wildman–Crippen MR) is 72.1 cm³/mol. The van der Waals surface area contributed by atoms with Crippen LogP contribution in [-0.4, -0.2) is 29.2 Å².